The summed E-state index contributed by atoms with van der Waals surface area (Å²) in [5, 5.41) is 7.37. The molecule has 0 saturated carbocycles. The number of nitrogens with zero attached hydrogens (tertiary/aromatic N) is 1. The van der Waals surface area contributed by atoms with Crippen LogP contribution in [0.1, 0.15) is 79.0 Å². The highest BCUT2D eigenvalue weighted by molar-refractivity contribution is 7.80. The van der Waals surface area contributed by atoms with Crippen molar-refractivity contribution in [2.45, 2.75) is 60.3 Å². The Bertz CT molecular complexity index is 700. The van der Waals surface area contributed by atoms with Crippen molar-refractivity contribution in [3.05, 3.63) is 16.0 Å². The third-order valence-corrected chi connectivity index (χ3v) is 6.54. The lowest BCUT2D eigenvalue weighted by atomic mass is 9.99. The van der Waals surface area contributed by atoms with E-state index in [9.17, 15) is 9.59 Å². The minimum atomic E-state index is -0.475. The van der Waals surface area contributed by atoms with Crippen molar-refractivity contribution in [3.8, 4) is 0 Å². The van der Waals surface area contributed by atoms with E-state index in [0.717, 1.165) is 19.4 Å². The molecule has 1 heterocycles. The number of hydrogen-bond acceptors (Lipinski definition) is 5. The second-order valence-electron chi connectivity index (χ2n) is 6.98. The van der Waals surface area contributed by atoms with Crippen molar-refractivity contribution in [1.82, 2.24) is 10.2 Å². The maximum absolute atomic E-state index is 12.9. The summed E-state index contributed by atoms with van der Waals surface area (Å²) in [4.78, 5) is 27.5. The van der Waals surface area contributed by atoms with Crippen molar-refractivity contribution in [3.63, 3.8) is 0 Å². The van der Waals surface area contributed by atoms with E-state index in [1.165, 1.54) is 31.3 Å². The predicted octanol–water partition coefficient (Wildman–Crippen LogP) is 4.83. The number of esters is 1. The summed E-state index contributed by atoms with van der Waals surface area (Å²) in [6.45, 7) is 12.0. The molecule has 164 valence electrons. The Morgan fingerprint density at radius 3 is 2.38 bits per heavy atom. The van der Waals surface area contributed by atoms with Gasteiger partial charge in [0.2, 0.25) is 0 Å². The molecule has 0 bridgehead atoms. The Hall–Kier alpha value is -1.67. The zero-order valence-electron chi connectivity index (χ0n) is 18.5. The molecule has 1 amide bonds. The number of ether oxygens (including phenoxy) is 1. The fraction of sp³-hybridized carbons (Fsp3) is 0.667. The van der Waals surface area contributed by atoms with E-state index in [0.29, 0.717) is 45.1 Å². The van der Waals surface area contributed by atoms with E-state index in [4.69, 9.17) is 17.0 Å². The van der Waals surface area contributed by atoms with Crippen molar-refractivity contribution in [2.24, 2.45) is 5.92 Å². The molecule has 1 aromatic heterocycles. The Morgan fingerprint density at radius 2 is 1.86 bits per heavy atom. The first kappa shape index (κ1) is 25.4. The maximum atomic E-state index is 12.9. The number of carbonyl (C=O) groups excluding carboxylic acids is 2. The van der Waals surface area contributed by atoms with Crippen molar-refractivity contribution in [1.29, 1.82) is 0 Å². The topological polar surface area (TPSA) is 70.7 Å². The van der Waals surface area contributed by atoms with Crippen LogP contribution >= 0.6 is 23.6 Å². The SMILES string of the molecule is CCCCC(CC)CNC(=S)Nc1sc(C(=O)N(CC)CC)c(C)c1C(=O)OC. The van der Waals surface area contributed by atoms with Gasteiger partial charge in [0, 0.05) is 19.6 Å². The molecule has 0 aliphatic heterocycles. The Morgan fingerprint density at radius 1 is 1.21 bits per heavy atom. The number of hydrogen-bond donors (Lipinski definition) is 2. The molecule has 8 heteroatoms. The Kier molecular flexibility index (Phi) is 11.2. The van der Waals surface area contributed by atoms with Crippen molar-refractivity contribution < 1.29 is 14.3 Å². The molecular weight excluding hydrogens is 406 g/mol. The number of anilines is 1. The number of methoxy groups -OCH3 is 1. The number of unbranched alkanes of at least 4 members (excludes halogenated alkanes) is 1. The minimum absolute atomic E-state index is 0.0832. The second-order valence-corrected chi connectivity index (χ2v) is 8.41. The van der Waals surface area contributed by atoms with Gasteiger partial charge in [-0.3, -0.25) is 4.79 Å². The van der Waals surface area contributed by atoms with Gasteiger partial charge < -0.3 is 20.3 Å². The maximum Gasteiger partial charge on any atom is 0.341 e. The number of nitrogens with one attached hydrogen (secondary N) is 2. The highest BCUT2D eigenvalue weighted by atomic mass is 32.1. The summed E-state index contributed by atoms with van der Waals surface area (Å²) in [7, 11) is 1.34. The normalized spacial score (nSPS) is 11.7. The van der Waals surface area contributed by atoms with Gasteiger partial charge in [-0.05, 0) is 50.9 Å². The zero-order chi connectivity index (χ0) is 22.0. The first-order valence-electron chi connectivity index (χ1n) is 10.4. The number of thiophene rings is 1. The van der Waals surface area contributed by atoms with Gasteiger partial charge in [0.1, 0.15) is 5.00 Å². The number of carbonyl (C=O) groups is 2. The lowest BCUT2D eigenvalue weighted by Crippen LogP contribution is -2.33. The molecule has 2 N–H and O–H groups in total. The van der Waals surface area contributed by atoms with Gasteiger partial charge in [0.05, 0.1) is 17.6 Å². The van der Waals surface area contributed by atoms with Crippen LogP contribution in [0.2, 0.25) is 0 Å². The third-order valence-electron chi connectivity index (χ3n) is 5.10. The van der Waals surface area contributed by atoms with Crippen LogP contribution in [0.4, 0.5) is 5.00 Å². The molecule has 1 atom stereocenters. The Labute approximate surface area is 184 Å². The molecule has 0 saturated heterocycles. The standard InChI is InChI=1S/C21H35N3O3S2/c1-7-11-12-15(8-2)13-22-21(28)23-18-16(20(26)27-6)14(5)17(29-18)19(25)24(9-3)10-4/h15H,7-13H2,1-6H3,(H2,22,23,28). The predicted molar refractivity (Wildman–Crippen MR) is 125 cm³/mol. The van der Waals surface area contributed by atoms with Crippen LogP contribution in [0.15, 0.2) is 0 Å². The lowest BCUT2D eigenvalue weighted by Gasteiger charge is -2.18. The van der Waals surface area contributed by atoms with E-state index >= 15 is 0 Å². The fourth-order valence-electron chi connectivity index (χ4n) is 3.14. The Balaban J connectivity index is 3.02. The largest absolute Gasteiger partial charge is 0.465 e. The fourth-order valence-corrected chi connectivity index (χ4v) is 4.55. The molecule has 0 spiro atoms. The number of thiocarbonyl (C=S) groups is 1. The van der Waals surface area contributed by atoms with Crippen LogP contribution < -0.4 is 10.6 Å². The molecule has 6 nitrogen and oxygen atoms in total. The van der Waals surface area contributed by atoms with Crippen molar-refractivity contribution in [2.75, 3.05) is 32.1 Å². The molecular formula is C21H35N3O3S2. The summed E-state index contributed by atoms with van der Waals surface area (Å²) in [5.74, 6) is -0.00289. The molecule has 0 aromatic carbocycles. The molecule has 0 fully saturated rings. The van der Waals surface area contributed by atoms with Crippen LogP contribution in [0, 0.1) is 12.8 Å². The van der Waals surface area contributed by atoms with Gasteiger partial charge in [-0.2, -0.15) is 0 Å². The summed E-state index contributed by atoms with van der Waals surface area (Å²) in [6.07, 6.45) is 4.63. The number of amides is 1. The van der Waals surface area contributed by atoms with Crippen LogP contribution in [-0.4, -0.2) is 48.6 Å². The molecule has 1 unspecified atom stereocenters. The van der Waals surface area contributed by atoms with Crippen molar-refractivity contribution >= 4 is 45.5 Å². The summed E-state index contributed by atoms with van der Waals surface area (Å²) in [5.41, 5.74) is 0.994. The number of rotatable bonds is 11. The minimum Gasteiger partial charge on any atom is -0.465 e. The molecule has 29 heavy (non-hydrogen) atoms. The summed E-state index contributed by atoms with van der Waals surface area (Å²) >= 11 is 6.70. The van der Waals surface area contributed by atoms with Crippen LogP contribution in [0.5, 0.6) is 0 Å². The van der Waals surface area contributed by atoms with Gasteiger partial charge in [-0.1, -0.05) is 33.1 Å². The van der Waals surface area contributed by atoms with Gasteiger partial charge in [0.25, 0.3) is 5.91 Å². The molecule has 0 aliphatic rings. The average Bonchev–Trinajstić information content (AvgIpc) is 3.04. The molecule has 1 rings (SSSR count). The highest BCUT2D eigenvalue weighted by Crippen LogP contribution is 2.34. The van der Waals surface area contributed by atoms with E-state index in [1.807, 2.05) is 13.8 Å². The average molecular weight is 442 g/mol. The monoisotopic (exact) mass is 441 g/mol. The second kappa shape index (κ2) is 12.8. The van der Waals surface area contributed by atoms with Gasteiger partial charge in [-0.15, -0.1) is 11.3 Å². The van der Waals surface area contributed by atoms with Gasteiger partial charge >= 0.3 is 5.97 Å². The lowest BCUT2D eigenvalue weighted by molar-refractivity contribution is 0.0601. The molecule has 1 aromatic rings. The van der Waals surface area contributed by atoms with E-state index in [-0.39, 0.29) is 5.91 Å². The van der Waals surface area contributed by atoms with Gasteiger partial charge in [-0.25, -0.2) is 4.79 Å². The van der Waals surface area contributed by atoms with Crippen LogP contribution in [0.25, 0.3) is 0 Å². The summed E-state index contributed by atoms with van der Waals surface area (Å²) < 4.78 is 4.94. The van der Waals surface area contributed by atoms with E-state index in [1.54, 1.807) is 11.8 Å². The molecule has 0 aliphatic carbocycles. The van der Waals surface area contributed by atoms with Gasteiger partial charge in [0.15, 0.2) is 5.11 Å². The molecule has 0 radical (unpaired) electrons. The van der Waals surface area contributed by atoms with E-state index in [2.05, 4.69) is 24.5 Å². The van der Waals surface area contributed by atoms with E-state index < -0.39 is 5.97 Å². The third kappa shape index (κ3) is 6.96. The first-order chi connectivity index (χ1) is 13.8. The smallest absolute Gasteiger partial charge is 0.341 e. The van der Waals surface area contributed by atoms with Crippen LogP contribution in [0.3, 0.4) is 0 Å². The van der Waals surface area contributed by atoms with Crippen LogP contribution in [-0.2, 0) is 4.74 Å². The zero-order valence-corrected chi connectivity index (χ0v) is 20.1. The first-order valence-corrected chi connectivity index (χ1v) is 11.6. The summed E-state index contributed by atoms with van der Waals surface area (Å²) in [6, 6.07) is 0. The highest BCUT2D eigenvalue weighted by Gasteiger charge is 2.27. The quantitative estimate of drug-likeness (QED) is 0.379.